The van der Waals surface area contributed by atoms with E-state index in [9.17, 15) is 4.79 Å². The molecule has 1 rings (SSSR count). The number of amides is 1. The van der Waals surface area contributed by atoms with E-state index in [0.717, 1.165) is 26.1 Å². The van der Waals surface area contributed by atoms with Crippen LogP contribution in [0.3, 0.4) is 0 Å². The highest BCUT2D eigenvalue weighted by molar-refractivity contribution is 5.91. The van der Waals surface area contributed by atoms with E-state index in [1.807, 2.05) is 0 Å². The van der Waals surface area contributed by atoms with Gasteiger partial charge in [-0.25, -0.2) is 0 Å². The molecule has 0 unspecified atom stereocenters. The van der Waals surface area contributed by atoms with Gasteiger partial charge in [-0.2, -0.15) is 0 Å². The van der Waals surface area contributed by atoms with E-state index in [-0.39, 0.29) is 5.91 Å². The smallest absolute Gasteiger partial charge is 0.273 e. The van der Waals surface area contributed by atoms with Gasteiger partial charge < -0.3 is 15.5 Å². The fourth-order valence-corrected chi connectivity index (χ4v) is 1.38. The van der Waals surface area contributed by atoms with Crippen LogP contribution in [0.4, 0.5) is 5.82 Å². The fraction of sp³-hybridized carbons (Fsp3) is 0.583. The summed E-state index contributed by atoms with van der Waals surface area (Å²) in [5.74, 6) is 0.558. The van der Waals surface area contributed by atoms with Crippen molar-refractivity contribution in [2.45, 2.75) is 13.3 Å². The first-order valence-electron chi connectivity index (χ1n) is 6.15. The molecule has 0 atom stereocenters. The van der Waals surface area contributed by atoms with E-state index in [4.69, 9.17) is 0 Å². The lowest BCUT2D eigenvalue weighted by atomic mass is 10.3. The molecule has 0 aliphatic heterocycles. The summed E-state index contributed by atoms with van der Waals surface area (Å²) in [6.07, 6.45) is 1.02. The average Bonchev–Trinajstić information content (AvgIpc) is 2.38. The van der Waals surface area contributed by atoms with Crippen molar-refractivity contribution in [3.05, 3.63) is 17.8 Å². The zero-order valence-electron chi connectivity index (χ0n) is 11.2. The van der Waals surface area contributed by atoms with E-state index < -0.39 is 0 Å². The Hall–Kier alpha value is -1.69. The number of carbonyl (C=O) groups excluding carboxylic acids is 1. The second-order valence-corrected chi connectivity index (χ2v) is 4.14. The Bertz CT molecular complexity index is 363. The van der Waals surface area contributed by atoms with Gasteiger partial charge >= 0.3 is 0 Å². The summed E-state index contributed by atoms with van der Waals surface area (Å²) in [6, 6.07) is 3.46. The number of rotatable bonds is 7. The van der Waals surface area contributed by atoms with E-state index >= 15 is 0 Å². The minimum Gasteiger partial charge on any atom is -0.369 e. The maximum atomic E-state index is 11.6. The van der Waals surface area contributed by atoms with Crippen LogP contribution in [-0.4, -0.2) is 54.7 Å². The highest BCUT2D eigenvalue weighted by Gasteiger charge is 2.09. The van der Waals surface area contributed by atoms with Crippen LogP contribution in [0.1, 0.15) is 23.8 Å². The van der Waals surface area contributed by atoms with Crippen LogP contribution >= 0.6 is 0 Å². The first-order valence-corrected chi connectivity index (χ1v) is 6.15. The molecule has 0 fully saturated rings. The maximum Gasteiger partial charge on any atom is 0.273 e. The number of nitrogens with zero attached hydrogens (tertiary/aromatic N) is 3. The van der Waals surface area contributed by atoms with Gasteiger partial charge in [0.1, 0.15) is 5.82 Å². The van der Waals surface area contributed by atoms with Crippen LogP contribution in [0.2, 0.25) is 0 Å². The van der Waals surface area contributed by atoms with Crippen LogP contribution in [0.15, 0.2) is 12.1 Å². The van der Waals surface area contributed by atoms with Crippen molar-refractivity contribution in [2.24, 2.45) is 0 Å². The number of anilines is 1. The third-order valence-corrected chi connectivity index (χ3v) is 2.38. The summed E-state index contributed by atoms with van der Waals surface area (Å²) in [4.78, 5) is 13.1. The van der Waals surface area contributed by atoms with Crippen molar-refractivity contribution >= 4 is 11.7 Å². The Kier molecular flexibility index (Phi) is 6.07. The molecular formula is C12H21N5O. The third kappa shape index (κ3) is 4.67. The summed E-state index contributed by atoms with van der Waals surface area (Å²) in [5, 5.41) is 14.3. The predicted octanol–water partition coefficient (Wildman–Crippen LogP) is 0.590. The minimum atomic E-state index is -0.138. The van der Waals surface area contributed by atoms with Crippen LogP contribution in [-0.2, 0) is 0 Å². The van der Waals surface area contributed by atoms with E-state index in [1.54, 1.807) is 26.2 Å². The first kappa shape index (κ1) is 14.4. The number of carbonyl (C=O) groups is 1. The van der Waals surface area contributed by atoms with Crippen LogP contribution in [0.25, 0.3) is 0 Å². The first-order chi connectivity index (χ1) is 8.65. The number of hydrogen-bond acceptors (Lipinski definition) is 5. The van der Waals surface area contributed by atoms with Crippen molar-refractivity contribution < 1.29 is 4.79 Å². The highest BCUT2D eigenvalue weighted by Crippen LogP contribution is 2.03. The Labute approximate surface area is 108 Å². The van der Waals surface area contributed by atoms with Crippen molar-refractivity contribution in [3.8, 4) is 0 Å². The molecule has 0 saturated carbocycles. The average molecular weight is 251 g/mol. The van der Waals surface area contributed by atoms with Crippen LogP contribution in [0, 0.1) is 0 Å². The second kappa shape index (κ2) is 7.60. The SMILES string of the molecule is CCNCCCNc1ccc(C(=O)N(C)C)nn1. The Morgan fingerprint density at radius 1 is 1.28 bits per heavy atom. The predicted molar refractivity (Wildman–Crippen MR) is 71.7 cm³/mol. The number of aromatic nitrogens is 2. The molecule has 1 aromatic heterocycles. The lowest BCUT2D eigenvalue weighted by Gasteiger charge is -2.09. The zero-order chi connectivity index (χ0) is 13.4. The second-order valence-electron chi connectivity index (χ2n) is 4.14. The standard InChI is InChI=1S/C12H21N5O/c1-4-13-8-5-9-14-11-7-6-10(15-16-11)12(18)17(2)3/h6-7,13H,4-5,8-9H2,1-3H3,(H,14,16). The summed E-state index contributed by atoms with van der Waals surface area (Å²) in [7, 11) is 3.38. The third-order valence-electron chi connectivity index (χ3n) is 2.38. The normalized spacial score (nSPS) is 10.2. The summed E-state index contributed by atoms with van der Waals surface area (Å²) in [6.45, 7) is 4.89. The van der Waals surface area contributed by atoms with Crippen LogP contribution in [0.5, 0.6) is 0 Å². The van der Waals surface area contributed by atoms with Gasteiger partial charge in [0.25, 0.3) is 5.91 Å². The van der Waals surface area contributed by atoms with Gasteiger partial charge in [0.2, 0.25) is 0 Å². The Balaban J connectivity index is 2.38. The molecule has 1 heterocycles. The molecule has 0 saturated heterocycles. The van der Waals surface area contributed by atoms with Crippen molar-refractivity contribution in [1.82, 2.24) is 20.4 Å². The summed E-state index contributed by atoms with van der Waals surface area (Å²) in [5.41, 5.74) is 0.359. The van der Waals surface area contributed by atoms with Gasteiger partial charge in [-0.05, 0) is 31.6 Å². The van der Waals surface area contributed by atoms with E-state index in [0.29, 0.717) is 11.5 Å². The van der Waals surface area contributed by atoms with Gasteiger partial charge in [-0.3, -0.25) is 4.79 Å². The molecule has 0 spiro atoms. The van der Waals surface area contributed by atoms with Gasteiger partial charge in [0, 0.05) is 20.6 Å². The quantitative estimate of drug-likeness (QED) is 0.694. The van der Waals surface area contributed by atoms with Gasteiger partial charge in [0.05, 0.1) is 0 Å². The molecule has 0 aliphatic carbocycles. The van der Waals surface area contributed by atoms with Crippen molar-refractivity contribution in [2.75, 3.05) is 39.0 Å². The van der Waals surface area contributed by atoms with Crippen molar-refractivity contribution in [3.63, 3.8) is 0 Å². The zero-order valence-corrected chi connectivity index (χ0v) is 11.2. The highest BCUT2D eigenvalue weighted by atomic mass is 16.2. The van der Waals surface area contributed by atoms with Gasteiger partial charge in [-0.15, -0.1) is 10.2 Å². The van der Waals surface area contributed by atoms with Gasteiger partial charge in [0.15, 0.2) is 5.69 Å². The van der Waals surface area contributed by atoms with E-state index in [1.165, 1.54) is 4.90 Å². The molecule has 1 aromatic rings. The lowest BCUT2D eigenvalue weighted by Crippen LogP contribution is -2.23. The molecule has 2 N–H and O–H groups in total. The number of hydrogen-bond donors (Lipinski definition) is 2. The van der Waals surface area contributed by atoms with E-state index in [2.05, 4.69) is 27.8 Å². The van der Waals surface area contributed by atoms with Gasteiger partial charge in [-0.1, -0.05) is 6.92 Å². The molecular weight excluding hydrogens is 230 g/mol. The number of nitrogens with one attached hydrogen (secondary N) is 2. The minimum absolute atomic E-state index is 0.138. The summed E-state index contributed by atoms with van der Waals surface area (Å²) < 4.78 is 0. The van der Waals surface area contributed by atoms with Crippen LogP contribution < -0.4 is 10.6 Å². The largest absolute Gasteiger partial charge is 0.369 e. The molecule has 18 heavy (non-hydrogen) atoms. The van der Waals surface area contributed by atoms with Crippen molar-refractivity contribution in [1.29, 1.82) is 0 Å². The topological polar surface area (TPSA) is 70.2 Å². The molecule has 0 bridgehead atoms. The fourth-order valence-electron chi connectivity index (χ4n) is 1.38. The lowest BCUT2D eigenvalue weighted by molar-refractivity contribution is 0.0821. The molecule has 0 radical (unpaired) electrons. The monoisotopic (exact) mass is 251 g/mol. The maximum absolute atomic E-state index is 11.6. The summed E-state index contributed by atoms with van der Waals surface area (Å²) >= 11 is 0. The Morgan fingerprint density at radius 2 is 2.06 bits per heavy atom. The molecule has 0 aromatic carbocycles. The Morgan fingerprint density at radius 3 is 2.61 bits per heavy atom. The molecule has 6 nitrogen and oxygen atoms in total. The molecule has 100 valence electrons. The molecule has 1 amide bonds. The molecule has 0 aliphatic rings. The molecule has 6 heteroatoms.